The van der Waals surface area contributed by atoms with Crippen LogP contribution in [0.4, 0.5) is 51.2 Å². The molecule has 22 rings (SSSR count). The summed E-state index contributed by atoms with van der Waals surface area (Å²) in [4.78, 5) is 5.69. The summed E-state index contributed by atoms with van der Waals surface area (Å²) in [5, 5.41) is -0.484. The molecule has 113 heavy (non-hydrogen) atoms. The largest absolute Gasteiger partial charge is 0.311 e. The Morgan fingerprint density at radius 2 is 0.664 bits per heavy atom. The van der Waals surface area contributed by atoms with Crippen LogP contribution in [0.25, 0.3) is 127 Å². The molecule has 0 spiro atoms. The second-order valence-electron chi connectivity index (χ2n) is 29.4. The van der Waals surface area contributed by atoms with Gasteiger partial charge in [-0.15, -0.1) is 0 Å². The summed E-state index contributed by atoms with van der Waals surface area (Å²) in [5.41, 5.74) is 10.9. The van der Waals surface area contributed by atoms with Crippen molar-refractivity contribution in [1.82, 2.24) is 13.7 Å². The number of anilines is 9. The molecule has 0 unspecified atom stereocenters. The minimum atomic E-state index is -1.03. The first-order valence-corrected chi connectivity index (χ1v) is 37.2. The Balaban J connectivity index is 0.955. The Bertz CT molecular complexity index is 8470. The monoisotopic (exact) mass is 1470 g/mol. The molecule has 20 aromatic rings. The molecule has 0 saturated carbocycles. The summed E-state index contributed by atoms with van der Waals surface area (Å²) < 4.78 is 245. The second kappa shape index (κ2) is 26.2. The maximum atomic E-state index is 10.3. The van der Waals surface area contributed by atoms with E-state index in [1.807, 2.05) is 176 Å². The molecule has 532 valence electrons. The van der Waals surface area contributed by atoms with Crippen LogP contribution in [0, 0.1) is 0 Å². The second-order valence-corrected chi connectivity index (χ2v) is 29.4. The maximum Gasteiger partial charge on any atom is 0.252 e. The van der Waals surface area contributed by atoms with Crippen molar-refractivity contribution in [2.75, 3.05) is 14.7 Å². The number of nitrogens with zero attached hydrogens (tertiary/aromatic N) is 6. The highest BCUT2D eigenvalue weighted by atomic mass is 15.2. The van der Waals surface area contributed by atoms with E-state index in [0.717, 1.165) is 38.9 Å². The normalized spacial score (nSPS) is 15.6. The molecule has 0 radical (unpaired) electrons. The van der Waals surface area contributed by atoms with Crippen LogP contribution in [0.15, 0.2) is 400 Å². The molecule has 0 aliphatic carbocycles. The van der Waals surface area contributed by atoms with E-state index in [9.17, 15) is 30.2 Å². The van der Waals surface area contributed by atoms with Crippen molar-refractivity contribution in [2.45, 2.75) is 26.2 Å². The number of rotatable bonds is 12. The highest BCUT2D eigenvalue weighted by Gasteiger charge is 2.46. The standard InChI is InChI=1S/C106H75BN6/c1-106(2,3)76-63-89(72-36-14-6-15-37-72)105(90(64-76)73-38-16-7-17-39-73)113-101-67-81(109-94-49-27-22-44-84(94)85-45-23-28-50-95(85)109)55-58-93(101)107-92-57-54-80(110-98-53-31-26-48-88(98)91-65-79(56-59-99(91)110)108(77-40-18-8-19-41-77)78-42-20-9-21-43-78)66-100(92)112(82-61-74(70-32-10-4-11-33-70)60-75(62-82)71-34-12-5-13-35-71)102-68-83(69-103(113)104(102)107)111-96-51-29-24-46-86(96)87-47-25-30-52-97(87)111/h4-69H,1-3H3/i8D,18D,19D,22D,23D,24D,25D,26D,27D,28D,29D,30D,31D,40D,41D,44D,45D,46D,47D,48D,49D,50D,51D,52D,53D. The third kappa shape index (κ3) is 10.6. The number of aromatic nitrogens is 3. The van der Waals surface area contributed by atoms with Crippen molar-refractivity contribution in [3.8, 4) is 61.6 Å². The summed E-state index contributed by atoms with van der Waals surface area (Å²) in [5.74, 6) is 0. The maximum absolute atomic E-state index is 10.3. The lowest BCUT2D eigenvalue weighted by Crippen LogP contribution is -2.61. The van der Waals surface area contributed by atoms with E-state index >= 15 is 0 Å². The highest BCUT2D eigenvalue weighted by molar-refractivity contribution is 7.00. The molecule has 0 bridgehead atoms. The summed E-state index contributed by atoms with van der Waals surface area (Å²) in [7, 11) is 0. The lowest BCUT2D eigenvalue weighted by molar-refractivity contribution is 0.591. The van der Waals surface area contributed by atoms with Gasteiger partial charge in [-0.3, -0.25) is 0 Å². The van der Waals surface area contributed by atoms with Crippen LogP contribution >= 0.6 is 0 Å². The van der Waals surface area contributed by atoms with Gasteiger partial charge in [-0.05, 0) is 200 Å². The molecule has 2 aliphatic heterocycles. The quantitative estimate of drug-likeness (QED) is 0.114. The van der Waals surface area contributed by atoms with E-state index in [1.54, 1.807) is 59.2 Å². The molecule has 7 heteroatoms. The number of fused-ring (bicyclic) bond motifs is 13. The summed E-state index contributed by atoms with van der Waals surface area (Å²) in [6.45, 7) is 5.31. The first kappa shape index (κ1) is 44.9. The molecule has 0 atom stereocenters. The van der Waals surface area contributed by atoms with Gasteiger partial charge < -0.3 is 28.4 Å². The predicted octanol–water partition coefficient (Wildman–Crippen LogP) is 26.5. The first-order valence-electron chi connectivity index (χ1n) is 49.7. The van der Waals surface area contributed by atoms with E-state index in [2.05, 4.69) is 48.8 Å². The molecule has 2 aliphatic rings. The van der Waals surface area contributed by atoms with Crippen molar-refractivity contribution in [3.05, 3.63) is 405 Å². The number of para-hydroxylation sites is 7. The van der Waals surface area contributed by atoms with Gasteiger partial charge in [0.2, 0.25) is 0 Å². The van der Waals surface area contributed by atoms with Gasteiger partial charge in [0.1, 0.15) is 0 Å². The van der Waals surface area contributed by atoms with Crippen LogP contribution in [0.2, 0.25) is 0 Å². The summed E-state index contributed by atoms with van der Waals surface area (Å²) in [6.07, 6.45) is 0. The zero-order valence-corrected chi connectivity index (χ0v) is 60.9. The first-order chi connectivity index (χ1) is 66.1. The molecular formula is C106H75BN6. The van der Waals surface area contributed by atoms with Crippen molar-refractivity contribution in [2.24, 2.45) is 0 Å². The van der Waals surface area contributed by atoms with Crippen LogP contribution < -0.4 is 31.1 Å². The smallest absolute Gasteiger partial charge is 0.252 e. The Morgan fingerprint density at radius 1 is 0.274 bits per heavy atom. The fourth-order valence-corrected chi connectivity index (χ4v) is 17.0. The van der Waals surface area contributed by atoms with Crippen molar-refractivity contribution >= 4 is 140 Å². The van der Waals surface area contributed by atoms with Gasteiger partial charge in [0, 0.05) is 100 Å². The zero-order chi connectivity index (χ0) is 96.8. The van der Waals surface area contributed by atoms with Crippen LogP contribution in [0.1, 0.15) is 60.6 Å². The molecular weight excluding hydrogens is 1370 g/mol. The molecule has 0 fully saturated rings. The lowest BCUT2D eigenvalue weighted by atomic mass is 9.33. The molecule has 0 amide bonds. The Kier molecular flexibility index (Phi) is 10.4. The molecule has 0 N–H and O–H groups in total. The van der Waals surface area contributed by atoms with Gasteiger partial charge in [0.25, 0.3) is 6.71 Å². The average molecular weight is 1470 g/mol. The third-order valence-electron chi connectivity index (χ3n) is 22.0. The van der Waals surface area contributed by atoms with E-state index in [0.29, 0.717) is 78.5 Å². The number of hydrogen-bond acceptors (Lipinski definition) is 3. The van der Waals surface area contributed by atoms with Gasteiger partial charge in [-0.1, -0.05) is 281 Å². The molecule has 5 heterocycles. The van der Waals surface area contributed by atoms with Gasteiger partial charge in [-0.25, -0.2) is 0 Å². The fraction of sp³-hybridized carbons (Fsp3) is 0.0377. The number of hydrogen-bond donors (Lipinski definition) is 0. The van der Waals surface area contributed by atoms with Crippen molar-refractivity contribution in [3.63, 3.8) is 0 Å². The minimum Gasteiger partial charge on any atom is -0.311 e. The number of benzene rings is 17. The van der Waals surface area contributed by atoms with Crippen LogP contribution in [-0.4, -0.2) is 20.4 Å². The molecule has 6 nitrogen and oxygen atoms in total. The van der Waals surface area contributed by atoms with E-state index < -0.39 is 163 Å². The molecule has 3 aromatic heterocycles. The SMILES string of the molecule is [2H]c1c([2H])c([2H])c(N(c2ccccc2)c2ccc3c(c2)c2c([2H])c([2H])c([2H])c([2H])c2n3-c2ccc3c(c2)N(c2cc(-c4ccccc4)cc(-c4ccccc4)c2)c2cc(-n4c5c([2H])c([2H])c([2H])c([2H])c5c5c([2H])c([2H])c([2H])c([2H])c54)cc4c2B3c2ccc(-n3c5c([2H])c([2H])c([2H])c([2H])c5c5c([2H])c([2H])c([2H])c([2H])c53)cc2N4c2c(-c3ccccc3)cc(C(C)(C)C)cc2-c2ccccc2)c([2H])c1[2H]. The van der Waals surface area contributed by atoms with Gasteiger partial charge >= 0.3 is 0 Å². The fourth-order valence-electron chi connectivity index (χ4n) is 17.0. The van der Waals surface area contributed by atoms with Gasteiger partial charge in [0.15, 0.2) is 0 Å². The van der Waals surface area contributed by atoms with E-state index in [1.165, 1.54) is 14.0 Å². The lowest BCUT2D eigenvalue weighted by Gasteiger charge is -2.45. The summed E-state index contributed by atoms with van der Waals surface area (Å²) >= 11 is 0. The van der Waals surface area contributed by atoms with E-state index in [-0.39, 0.29) is 82.7 Å². The minimum absolute atomic E-state index is 0.0133. The topological polar surface area (TPSA) is 24.5 Å². The van der Waals surface area contributed by atoms with Crippen LogP contribution in [0.5, 0.6) is 0 Å². The average Bonchev–Trinajstić information content (AvgIpc) is 1.19. The predicted molar refractivity (Wildman–Crippen MR) is 479 cm³/mol. The molecule has 0 saturated heterocycles. The molecule has 17 aromatic carbocycles. The van der Waals surface area contributed by atoms with Crippen molar-refractivity contribution < 1.29 is 34.3 Å². The Morgan fingerprint density at radius 3 is 1.13 bits per heavy atom. The van der Waals surface area contributed by atoms with Gasteiger partial charge in [0.05, 0.1) is 78.7 Å². The summed E-state index contributed by atoms with van der Waals surface area (Å²) in [6, 6.07) is 63.3. The highest BCUT2D eigenvalue weighted by Crippen LogP contribution is 2.54. The van der Waals surface area contributed by atoms with Crippen LogP contribution in [-0.2, 0) is 5.41 Å². The van der Waals surface area contributed by atoms with Gasteiger partial charge in [-0.2, -0.15) is 0 Å². The van der Waals surface area contributed by atoms with Crippen molar-refractivity contribution in [1.29, 1.82) is 0 Å². The third-order valence-corrected chi connectivity index (χ3v) is 22.0. The Labute approximate surface area is 692 Å². The zero-order valence-electron chi connectivity index (χ0n) is 85.9. The Hall–Kier alpha value is -14.4. The van der Waals surface area contributed by atoms with E-state index in [4.69, 9.17) is 4.11 Å². The van der Waals surface area contributed by atoms with Crippen LogP contribution in [0.3, 0.4) is 0 Å².